The van der Waals surface area contributed by atoms with Crippen molar-refractivity contribution in [3.05, 3.63) is 21.9 Å². The van der Waals surface area contributed by atoms with Crippen molar-refractivity contribution >= 4 is 23.2 Å². The molecule has 1 amide bonds. The molecule has 1 unspecified atom stereocenters. The zero-order chi connectivity index (χ0) is 14.0. The number of carboxylic acid groups (broad SMARTS) is 1. The molecule has 104 valence electrons. The maximum Gasteiger partial charge on any atom is 0.334 e. The number of carbonyl (C=O) groups is 2. The van der Waals surface area contributed by atoms with Crippen molar-refractivity contribution in [3.8, 4) is 0 Å². The second kappa shape index (κ2) is 5.71. The van der Waals surface area contributed by atoms with Crippen LogP contribution in [-0.2, 0) is 9.53 Å². The van der Waals surface area contributed by atoms with Gasteiger partial charge in [0.05, 0.1) is 18.0 Å². The third-order valence-corrected chi connectivity index (χ3v) is 4.06. The van der Waals surface area contributed by atoms with Gasteiger partial charge in [0.1, 0.15) is 0 Å². The van der Waals surface area contributed by atoms with E-state index in [4.69, 9.17) is 9.84 Å². The predicted molar refractivity (Wildman–Crippen MR) is 71.7 cm³/mol. The molecule has 0 radical (unpaired) electrons. The van der Waals surface area contributed by atoms with Crippen molar-refractivity contribution in [1.29, 1.82) is 0 Å². The first-order valence-corrected chi connectivity index (χ1v) is 7.09. The van der Waals surface area contributed by atoms with Crippen LogP contribution < -0.4 is 0 Å². The van der Waals surface area contributed by atoms with Crippen molar-refractivity contribution in [2.24, 2.45) is 0 Å². The molecule has 1 aliphatic rings. The molecular weight excluding hydrogens is 266 g/mol. The second-order valence-corrected chi connectivity index (χ2v) is 5.72. The number of aliphatic carboxylic acids is 1. The summed E-state index contributed by atoms with van der Waals surface area (Å²) < 4.78 is 5.12. The van der Waals surface area contributed by atoms with Gasteiger partial charge in [-0.15, -0.1) is 11.3 Å². The highest BCUT2D eigenvalue weighted by atomic mass is 32.1. The maximum absolute atomic E-state index is 12.4. The van der Waals surface area contributed by atoms with E-state index in [1.54, 1.807) is 4.90 Å². The Hall–Kier alpha value is -1.40. The molecule has 1 N–H and O–H groups in total. The minimum absolute atomic E-state index is 0.0896. The first-order chi connectivity index (χ1) is 9.00. The number of hydrogen-bond donors (Lipinski definition) is 1. The Balaban J connectivity index is 2.15. The summed E-state index contributed by atoms with van der Waals surface area (Å²) in [6.07, 6.45) is -0.917. The van der Waals surface area contributed by atoms with Gasteiger partial charge < -0.3 is 14.7 Å². The number of amides is 1. The predicted octanol–water partition coefficient (Wildman–Crippen LogP) is 1.80. The van der Waals surface area contributed by atoms with E-state index >= 15 is 0 Å². The van der Waals surface area contributed by atoms with Crippen molar-refractivity contribution in [2.45, 2.75) is 25.9 Å². The molecule has 0 bridgehead atoms. The summed E-state index contributed by atoms with van der Waals surface area (Å²) in [6, 6.07) is 1.96. The number of morpholine rings is 1. The average Bonchev–Trinajstić information content (AvgIpc) is 2.87. The molecule has 19 heavy (non-hydrogen) atoms. The molecule has 6 heteroatoms. The van der Waals surface area contributed by atoms with E-state index in [9.17, 15) is 9.59 Å². The van der Waals surface area contributed by atoms with Gasteiger partial charge in [0, 0.05) is 6.54 Å². The zero-order valence-electron chi connectivity index (χ0n) is 11.0. The number of thiophene rings is 1. The lowest BCUT2D eigenvalue weighted by Gasteiger charge is -2.31. The monoisotopic (exact) mass is 283 g/mol. The molecule has 1 fully saturated rings. The molecule has 1 atom stereocenters. The van der Waals surface area contributed by atoms with Crippen molar-refractivity contribution in [1.82, 2.24) is 4.90 Å². The quantitative estimate of drug-likeness (QED) is 0.918. The van der Waals surface area contributed by atoms with Gasteiger partial charge in [-0.05, 0) is 22.9 Å². The van der Waals surface area contributed by atoms with Crippen molar-refractivity contribution in [3.63, 3.8) is 0 Å². The Bertz CT molecular complexity index is 483. The molecule has 1 saturated heterocycles. The molecule has 5 nitrogen and oxygen atoms in total. The van der Waals surface area contributed by atoms with Crippen LogP contribution in [0.25, 0.3) is 0 Å². The van der Waals surface area contributed by atoms with Gasteiger partial charge in [-0.1, -0.05) is 13.8 Å². The van der Waals surface area contributed by atoms with Crippen LogP contribution in [0.2, 0.25) is 0 Å². The minimum atomic E-state index is -1.02. The van der Waals surface area contributed by atoms with Gasteiger partial charge in [0.2, 0.25) is 0 Å². The fraction of sp³-hybridized carbons (Fsp3) is 0.538. The first-order valence-electron chi connectivity index (χ1n) is 6.21. The lowest BCUT2D eigenvalue weighted by molar-refractivity contribution is -0.154. The van der Waals surface area contributed by atoms with Crippen molar-refractivity contribution in [2.75, 3.05) is 19.7 Å². The third-order valence-electron chi connectivity index (χ3n) is 3.14. The normalized spacial score (nSPS) is 19.7. The smallest absolute Gasteiger partial charge is 0.334 e. The van der Waals surface area contributed by atoms with Crippen LogP contribution in [0.4, 0.5) is 0 Å². The third kappa shape index (κ3) is 2.96. The summed E-state index contributed by atoms with van der Waals surface area (Å²) in [7, 11) is 0. The average molecular weight is 283 g/mol. The summed E-state index contributed by atoms with van der Waals surface area (Å²) in [4.78, 5) is 25.6. The number of hydrogen-bond acceptors (Lipinski definition) is 4. The molecule has 2 rings (SSSR count). The van der Waals surface area contributed by atoms with Crippen LogP contribution in [0, 0.1) is 0 Å². The Kier molecular flexibility index (Phi) is 4.21. The van der Waals surface area contributed by atoms with Gasteiger partial charge in [-0.2, -0.15) is 0 Å². The number of carboxylic acids is 1. The molecular formula is C13H17NO4S. The van der Waals surface area contributed by atoms with E-state index in [1.807, 2.05) is 25.3 Å². The molecule has 1 aromatic heterocycles. The van der Waals surface area contributed by atoms with Crippen LogP contribution in [0.5, 0.6) is 0 Å². The van der Waals surface area contributed by atoms with Crippen LogP contribution in [0.15, 0.2) is 11.4 Å². The van der Waals surface area contributed by atoms with E-state index in [2.05, 4.69) is 0 Å². The number of rotatable bonds is 3. The van der Waals surface area contributed by atoms with Crippen LogP contribution in [0.3, 0.4) is 0 Å². The summed E-state index contributed by atoms with van der Waals surface area (Å²) in [5.74, 6) is -0.831. The first kappa shape index (κ1) is 14.0. The summed E-state index contributed by atoms with van der Waals surface area (Å²) in [6.45, 7) is 4.91. The fourth-order valence-corrected chi connectivity index (χ4v) is 3.09. The molecule has 0 saturated carbocycles. The van der Waals surface area contributed by atoms with Crippen LogP contribution in [0.1, 0.15) is 35.0 Å². The Morgan fingerprint density at radius 3 is 2.89 bits per heavy atom. The molecule has 2 heterocycles. The topological polar surface area (TPSA) is 66.8 Å². The lowest BCUT2D eigenvalue weighted by atomic mass is 10.0. The SMILES string of the molecule is CC(C)c1ccsc1C(=O)N1CCOC(C(=O)O)C1. The Morgan fingerprint density at radius 2 is 2.26 bits per heavy atom. The van der Waals surface area contributed by atoms with Gasteiger partial charge in [0.15, 0.2) is 6.10 Å². The van der Waals surface area contributed by atoms with E-state index in [1.165, 1.54) is 11.3 Å². The standard InChI is InChI=1S/C13H17NO4S/c1-8(2)9-3-6-19-11(9)12(15)14-4-5-18-10(7-14)13(16)17/h3,6,8,10H,4-5,7H2,1-2H3,(H,16,17). The summed E-state index contributed by atoms with van der Waals surface area (Å²) in [5, 5.41) is 10.9. The van der Waals surface area contributed by atoms with Crippen LogP contribution in [-0.4, -0.2) is 47.7 Å². The van der Waals surface area contributed by atoms with Crippen molar-refractivity contribution < 1.29 is 19.4 Å². The Morgan fingerprint density at radius 1 is 1.53 bits per heavy atom. The summed E-state index contributed by atoms with van der Waals surface area (Å²) >= 11 is 1.41. The highest BCUT2D eigenvalue weighted by Gasteiger charge is 2.30. The summed E-state index contributed by atoms with van der Waals surface area (Å²) in [5.41, 5.74) is 1.02. The van der Waals surface area contributed by atoms with Crippen LogP contribution >= 0.6 is 11.3 Å². The number of ether oxygens (including phenoxy) is 1. The van der Waals surface area contributed by atoms with E-state index < -0.39 is 12.1 Å². The molecule has 0 aliphatic carbocycles. The van der Waals surface area contributed by atoms with E-state index in [0.29, 0.717) is 11.4 Å². The van der Waals surface area contributed by atoms with Gasteiger partial charge in [-0.3, -0.25) is 4.79 Å². The number of nitrogens with zero attached hydrogens (tertiary/aromatic N) is 1. The highest BCUT2D eigenvalue weighted by Crippen LogP contribution is 2.26. The highest BCUT2D eigenvalue weighted by molar-refractivity contribution is 7.12. The minimum Gasteiger partial charge on any atom is -0.479 e. The molecule has 1 aliphatic heterocycles. The molecule has 1 aromatic rings. The molecule has 0 spiro atoms. The zero-order valence-corrected chi connectivity index (χ0v) is 11.8. The fourth-order valence-electron chi connectivity index (χ4n) is 2.07. The number of carbonyl (C=O) groups excluding carboxylic acids is 1. The maximum atomic E-state index is 12.4. The lowest BCUT2D eigenvalue weighted by Crippen LogP contribution is -2.48. The van der Waals surface area contributed by atoms with Gasteiger partial charge >= 0.3 is 5.97 Å². The van der Waals surface area contributed by atoms with E-state index in [-0.39, 0.29) is 25.0 Å². The van der Waals surface area contributed by atoms with E-state index in [0.717, 1.165) is 5.56 Å². The Labute approximate surface area is 115 Å². The van der Waals surface area contributed by atoms with Gasteiger partial charge in [-0.25, -0.2) is 4.79 Å². The largest absolute Gasteiger partial charge is 0.479 e. The van der Waals surface area contributed by atoms with Gasteiger partial charge in [0.25, 0.3) is 5.91 Å². The second-order valence-electron chi connectivity index (χ2n) is 4.81. The molecule has 0 aromatic carbocycles.